The standard InChI is InChI=1S/C15H18N6O3S/c1-9-14(10(2)20(3)18-9)11-5-6-12-16-15(19-21(12)7-11)17-13(22)8-25(4,23)24/h5-7H,8H2,1-4H3,(H,17,19,22). The van der Waals surface area contributed by atoms with Gasteiger partial charge >= 0.3 is 0 Å². The van der Waals surface area contributed by atoms with Crippen molar-refractivity contribution in [2.24, 2.45) is 7.05 Å². The van der Waals surface area contributed by atoms with Crippen LogP contribution in [0.3, 0.4) is 0 Å². The minimum Gasteiger partial charge on any atom is -0.292 e. The van der Waals surface area contributed by atoms with Crippen molar-refractivity contribution in [2.75, 3.05) is 17.3 Å². The summed E-state index contributed by atoms with van der Waals surface area (Å²) in [5.74, 6) is -1.22. The molecule has 0 aromatic carbocycles. The number of fused-ring (bicyclic) bond motifs is 1. The minimum atomic E-state index is -3.41. The highest BCUT2D eigenvalue weighted by atomic mass is 32.2. The van der Waals surface area contributed by atoms with Gasteiger partial charge in [0.15, 0.2) is 15.5 Å². The molecule has 0 bridgehead atoms. The molecule has 0 aliphatic heterocycles. The smallest absolute Gasteiger partial charge is 0.249 e. The molecule has 0 radical (unpaired) electrons. The van der Waals surface area contributed by atoms with E-state index in [9.17, 15) is 13.2 Å². The van der Waals surface area contributed by atoms with Gasteiger partial charge in [0.2, 0.25) is 11.9 Å². The fourth-order valence-electron chi connectivity index (χ4n) is 2.67. The Kier molecular flexibility index (Phi) is 4.07. The van der Waals surface area contributed by atoms with Gasteiger partial charge in [-0.25, -0.2) is 12.9 Å². The van der Waals surface area contributed by atoms with E-state index in [1.54, 1.807) is 12.3 Å². The van der Waals surface area contributed by atoms with E-state index < -0.39 is 21.5 Å². The number of aromatic nitrogens is 5. The van der Waals surface area contributed by atoms with Crippen LogP contribution >= 0.6 is 0 Å². The predicted molar refractivity (Wildman–Crippen MR) is 93.0 cm³/mol. The summed E-state index contributed by atoms with van der Waals surface area (Å²) in [6.07, 6.45) is 2.79. The molecular formula is C15H18N6O3S. The molecule has 132 valence electrons. The molecular weight excluding hydrogens is 344 g/mol. The molecule has 10 heteroatoms. The van der Waals surface area contributed by atoms with Crippen LogP contribution in [-0.2, 0) is 21.7 Å². The number of nitrogens with zero attached hydrogens (tertiary/aromatic N) is 5. The third-order valence-electron chi connectivity index (χ3n) is 3.77. The van der Waals surface area contributed by atoms with Gasteiger partial charge in [0, 0.05) is 36.3 Å². The number of hydrogen-bond donors (Lipinski definition) is 1. The summed E-state index contributed by atoms with van der Waals surface area (Å²) in [7, 11) is -1.52. The molecule has 0 unspecified atom stereocenters. The molecule has 0 saturated heterocycles. The number of nitrogens with one attached hydrogen (secondary N) is 1. The van der Waals surface area contributed by atoms with Crippen LogP contribution in [0.15, 0.2) is 18.3 Å². The lowest BCUT2D eigenvalue weighted by Gasteiger charge is -2.02. The van der Waals surface area contributed by atoms with Crippen LogP contribution in [0.1, 0.15) is 11.4 Å². The number of rotatable bonds is 4. The Bertz CT molecular complexity index is 1080. The van der Waals surface area contributed by atoms with Gasteiger partial charge in [0.25, 0.3) is 0 Å². The molecule has 25 heavy (non-hydrogen) atoms. The van der Waals surface area contributed by atoms with Gasteiger partial charge in [-0.1, -0.05) is 0 Å². The minimum absolute atomic E-state index is 0.0606. The third kappa shape index (κ3) is 3.53. The average Bonchev–Trinajstić information content (AvgIpc) is 2.96. The highest BCUT2D eigenvalue weighted by Crippen LogP contribution is 2.26. The fraction of sp³-hybridized carbons (Fsp3) is 0.333. The summed E-state index contributed by atoms with van der Waals surface area (Å²) in [5, 5.41) is 11.0. The van der Waals surface area contributed by atoms with E-state index in [-0.39, 0.29) is 5.95 Å². The Hall–Kier alpha value is -2.75. The molecule has 3 aromatic heterocycles. The first-order valence-electron chi connectivity index (χ1n) is 7.48. The molecule has 3 rings (SSSR count). The van der Waals surface area contributed by atoms with Crippen LogP contribution in [0, 0.1) is 13.8 Å². The SMILES string of the molecule is Cc1nn(C)c(C)c1-c1ccc2nc(NC(=O)CS(C)(=O)=O)nn2c1. The van der Waals surface area contributed by atoms with E-state index in [0.717, 1.165) is 28.8 Å². The monoisotopic (exact) mass is 362 g/mol. The second-order valence-electron chi connectivity index (χ2n) is 5.94. The molecule has 0 saturated carbocycles. The topological polar surface area (TPSA) is 111 Å². The molecule has 0 atom stereocenters. The zero-order valence-corrected chi connectivity index (χ0v) is 15.1. The zero-order valence-electron chi connectivity index (χ0n) is 14.3. The first-order valence-corrected chi connectivity index (χ1v) is 9.54. The van der Waals surface area contributed by atoms with Gasteiger partial charge < -0.3 is 0 Å². The zero-order chi connectivity index (χ0) is 18.4. The molecule has 1 N–H and O–H groups in total. The van der Waals surface area contributed by atoms with Crippen LogP contribution in [0.2, 0.25) is 0 Å². The van der Waals surface area contributed by atoms with Crippen molar-refractivity contribution in [3.05, 3.63) is 29.7 Å². The van der Waals surface area contributed by atoms with Gasteiger partial charge in [-0.15, -0.1) is 5.10 Å². The number of pyridine rings is 1. The van der Waals surface area contributed by atoms with E-state index in [4.69, 9.17) is 0 Å². The average molecular weight is 362 g/mol. The van der Waals surface area contributed by atoms with Crippen LogP contribution in [0.25, 0.3) is 16.8 Å². The van der Waals surface area contributed by atoms with E-state index in [1.165, 1.54) is 4.52 Å². The highest BCUT2D eigenvalue weighted by molar-refractivity contribution is 7.91. The van der Waals surface area contributed by atoms with Crippen molar-refractivity contribution in [1.82, 2.24) is 24.4 Å². The maximum atomic E-state index is 11.7. The second kappa shape index (κ2) is 5.96. The highest BCUT2D eigenvalue weighted by Gasteiger charge is 2.15. The number of carbonyl (C=O) groups excluding carboxylic acids is 1. The maximum absolute atomic E-state index is 11.7. The Morgan fingerprint density at radius 2 is 1.96 bits per heavy atom. The molecule has 0 spiro atoms. The van der Waals surface area contributed by atoms with Gasteiger partial charge in [-0.05, 0) is 26.0 Å². The molecule has 0 fully saturated rings. The maximum Gasteiger partial charge on any atom is 0.249 e. The molecule has 3 aromatic rings. The normalized spacial score (nSPS) is 11.8. The molecule has 3 heterocycles. The van der Waals surface area contributed by atoms with Gasteiger partial charge in [0.05, 0.1) is 5.69 Å². The van der Waals surface area contributed by atoms with Crippen LogP contribution < -0.4 is 5.32 Å². The summed E-state index contributed by atoms with van der Waals surface area (Å²) in [6, 6.07) is 3.68. The van der Waals surface area contributed by atoms with Crippen molar-refractivity contribution >= 4 is 27.3 Å². The van der Waals surface area contributed by atoms with Gasteiger partial charge in [-0.2, -0.15) is 10.1 Å². The van der Waals surface area contributed by atoms with E-state index >= 15 is 0 Å². The quantitative estimate of drug-likeness (QED) is 0.732. The predicted octanol–water partition coefficient (Wildman–Crippen LogP) is 0.730. The first kappa shape index (κ1) is 17.1. The summed E-state index contributed by atoms with van der Waals surface area (Å²) in [6.45, 7) is 3.92. The second-order valence-corrected chi connectivity index (χ2v) is 8.08. The van der Waals surface area contributed by atoms with Crippen molar-refractivity contribution in [3.63, 3.8) is 0 Å². The first-order chi connectivity index (χ1) is 11.6. The van der Waals surface area contributed by atoms with E-state index in [1.807, 2.05) is 31.6 Å². The fourth-order valence-corrected chi connectivity index (χ4v) is 3.22. The largest absolute Gasteiger partial charge is 0.292 e. The Labute approximate surface area is 144 Å². The number of amides is 1. The summed E-state index contributed by atoms with van der Waals surface area (Å²) >= 11 is 0. The molecule has 1 amide bonds. The molecule has 9 nitrogen and oxygen atoms in total. The van der Waals surface area contributed by atoms with Crippen molar-refractivity contribution < 1.29 is 13.2 Å². The lowest BCUT2D eigenvalue weighted by molar-refractivity contribution is -0.113. The van der Waals surface area contributed by atoms with Crippen LogP contribution in [0.5, 0.6) is 0 Å². The van der Waals surface area contributed by atoms with Crippen molar-refractivity contribution in [3.8, 4) is 11.1 Å². The van der Waals surface area contributed by atoms with Crippen molar-refractivity contribution in [2.45, 2.75) is 13.8 Å². The number of hydrogen-bond acceptors (Lipinski definition) is 6. The number of aryl methyl sites for hydroxylation is 2. The van der Waals surface area contributed by atoms with E-state index in [0.29, 0.717) is 5.65 Å². The molecule has 0 aliphatic carbocycles. The number of carbonyl (C=O) groups is 1. The summed E-state index contributed by atoms with van der Waals surface area (Å²) in [4.78, 5) is 15.9. The number of sulfone groups is 1. The lowest BCUT2D eigenvalue weighted by atomic mass is 10.1. The Morgan fingerprint density at radius 1 is 1.24 bits per heavy atom. The van der Waals surface area contributed by atoms with Crippen molar-refractivity contribution in [1.29, 1.82) is 0 Å². The molecule has 0 aliphatic rings. The summed E-state index contributed by atoms with van der Waals surface area (Å²) in [5.41, 5.74) is 4.41. The number of anilines is 1. The Balaban J connectivity index is 1.93. The van der Waals surface area contributed by atoms with E-state index in [2.05, 4.69) is 20.5 Å². The van der Waals surface area contributed by atoms with Gasteiger partial charge in [-0.3, -0.25) is 14.8 Å². The Morgan fingerprint density at radius 3 is 2.56 bits per heavy atom. The van der Waals surface area contributed by atoms with Crippen LogP contribution in [-0.4, -0.2) is 50.7 Å². The summed E-state index contributed by atoms with van der Waals surface area (Å²) < 4.78 is 25.7. The lowest BCUT2D eigenvalue weighted by Crippen LogP contribution is -2.22. The van der Waals surface area contributed by atoms with Gasteiger partial charge in [0.1, 0.15) is 5.75 Å². The van der Waals surface area contributed by atoms with Crippen LogP contribution in [0.4, 0.5) is 5.95 Å². The third-order valence-corrected chi connectivity index (χ3v) is 4.56.